The van der Waals surface area contributed by atoms with Crippen molar-refractivity contribution >= 4 is 9.84 Å². The molecule has 0 aromatic heterocycles. The number of benzene rings is 1. The molecular formula is C12H18O5S. The first-order valence-electron chi connectivity index (χ1n) is 5.53. The van der Waals surface area contributed by atoms with E-state index in [1.807, 2.05) is 6.92 Å². The molecule has 1 rings (SSSR count). The lowest BCUT2D eigenvalue weighted by atomic mass is 10.3. The van der Waals surface area contributed by atoms with Crippen molar-refractivity contribution in [3.63, 3.8) is 0 Å². The molecule has 0 heterocycles. The SMILES string of the molecule is CCCS(=O)(=O)c1cc(OC)c(OC)c(OC)c1. The lowest BCUT2D eigenvalue weighted by Gasteiger charge is -2.14. The van der Waals surface area contributed by atoms with E-state index in [9.17, 15) is 8.42 Å². The zero-order valence-corrected chi connectivity index (χ0v) is 11.8. The normalized spacial score (nSPS) is 11.1. The van der Waals surface area contributed by atoms with Crippen molar-refractivity contribution in [1.29, 1.82) is 0 Å². The molecular weight excluding hydrogens is 256 g/mol. The molecule has 0 aliphatic heterocycles. The van der Waals surface area contributed by atoms with Crippen LogP contribution in [-0.2, 0) is 9.84 Å². The minimum absolute atomic E-state index is 0.0889. The summed E-state index contributed by atoms with van der Waals surface area (Å²) in [4.78, 5) is 0.179. The fourth-order valence-corrected chi connectivity index (χ4v) is 2.97. The summed E-state index contributed by atoms with van der Waals surface area (Å²) in [6.07, 6.45) is 0.555. The molecule has 0 atom stereocenters. The molecule has 0 unspecified atom stereocenters. The van der Waals surface area contributed by atoms with Gasteiger partial charge in [0.2, 0.25) is 5.75 Å². The average Bonchev–Trinajstić information content (AvgIpc) is 2.36. The van der Waals surface area contributed by atoms with Crippen molar-refractivity contribution in [2.24, 2.45) is 0 Å². The zero-order valence-electron chi connectivity index (χ0n) is 11.0. The Balaban J connectivity index is 3.41. The van der Waals surface area contributed by atoms with Crippen LogP contribution in [-0.4, -0.2) is 35.5 Å². The van der Waals surface area contributed by atoms with Gasteiger partial charge in [-0.05, 0) is 6.42 Å². The van der Waals surface area contributed by atoms with Gasteiger partial charge in [-0.2, -0.15) is 0 Å². The number of hydrogen-bond acceptors (Lipinski definition) is 5. The predicted octanol–water partition coefficient (Wildman–Crippen LogP) is 1.90. The van der Waals surface area contributed by atoms with Crippen molar-refractivity contribution < 1.29 is 22.6 Å². The van der Waals surface area contributed by atoms with Crippen LogP contribution in [0.1, 0.15) is 13.3 Å². The molecule has 6 heteroatoms. The van der Waals surface area contributed by atoms with Crippen LogP contribution < -0.4 is 14.2 Å². The lowest BCUT2D eigenvalue weighted by molar-refractivity contribution is 0.323. The van der Waals surface area contributed by atoms with Crippen LogP contribution >= 0.6 is 0 Å². The molecule has 0 spiro atoms. The molecule has 0 N–H and O–H groups in total. The maximum Gasteiger partial charge on any atom is 0.203 e. The Morgan fingerprint density at radius 3 is 1.83 bits per heavy atom. The molecule has 18 heavy (non-hydrogen) atoms. The molecule has 0 saturated carbocycles. The maximum absolute atomic E-state index is 12.0. The van der Waals surface area contributed by atoms with Gasteiger partial charge in [-0.25, -0.2) is 8.42 Å². The zero-order chi connectivity index (χ0) is 13.8. The largest absolute Gasteiger partial charge is 0.493 e. The van der Waals surface area contributed by atoms with Crippen LogP contribution in [0.3, 0.4) is 0 Å². The molecule has 0 aliphatic rings. The Labute approximate surface area is 108 Å². The summed E-state index contributed by atoms with van der Waals surface area (Å²) in [5.74, 6) is 1.15. The van der Waals surface area contributed by atoms with E-state index in [-0.39, 0.29) is 10.6 Å². The quantitative estimate of drug-likeness (QED) is 0.792. The Morgan fingerprint density at radius 1 is 1.00 bits per heavy atom. The van der Waals surface area contributed by atoms with Gasteiger partial charge in [0, 0.05) is 12.1 Å². The van der Waals surface area contributed by atoms with Gasteiger partial charge in [-0.1, -0.05) is 6.92 Å². The Hall–Kier alpha value is -1.43. The number of rotatable bonds is 6. The topological polar surface area (TPSA) is 61.8 Å². The van der Waals surface area contributed by atoms with Crippen molar-refractivity contribution in [2.75, 3.05) is 27.1 Å². The van der Waals surface area contributed by atoms with Crippen LogP contribution in [0.5, 0.6) is 17.2 Å². The Bertz CT molecular complexity index is 482. The number of methoxy groups -OCH3 is 3. The molecule has 0 aliphatic carbocycles. The minimum atomic E-state index is -3.32. The second kappa shape index (κ2) is 5.95. The van der Waals surface area contributed by atoms with Gasteiger partial charge in [0.15, 0.2) is 21.3 Å². The summed E-state index contributed by atoms with van der Waals surface area (Å²) >= 11 is 0. The van der Waals surface area contributed by atoms with Gasteiger partial charge in [0.05, 0.1) is 32.0 Å². The minimum Gasteiger partial charge on any atom is -0.493 e. The summed E-state index contributed by atoms with van der Waals surface area (Å²) in [6.45, 7) is 1.82. The highest BCUT2D eigenvalue weighted by atomic mass is 32.2. The van der Waals surface area contributed by atoms with Gasteiger partial charge < -0.3 is 14.2 Å². The summed E-state index contributed by atoms with van der Waals surface area (Å²) in [7, 11) is 1.06. The van der Waals surface area contributed by atoms with E-state index in [2.05, 4.69) is 0 Å². The van der Waals surface area contributed by atoms with E-state index in [1.54, 1.807) is 0 Å². The molecule has 1 aromatic carbocycles. The lowest BCUT2D eigenvalue weighted by Crippen LogP contribution is -2.07. The Kier molecular flexibility index (Phi) is 4.84. The second-order valence-electron chi connectivity index (χ2n) is 3.68. The third-order valence-corrected chi connectivity index (χ3v) is 4.37. The van der Waals surface area contributed by atoms with Crippen LogP contribution in [0.4, 0.5) is 0 Å². The molecule has 0 saturated heterocycles. The highest BCUT2D eigenvalue weighted by Crippen LogP contribution is 2.39. The molecule has 102 valence electrons. The number of sulfone groups is 1. The van der Waals surface area contributed by atoms with E-state index in [0.29, 0.717) is 23.7 Å². The standard InChI is InChI=1S/C12H18O5S/c1-5-6-18(13,14)9-7-10(15-2)12(17-4)11(8-9)16-3/h7-8H,5-6H2,1-4H3. The first kappa shape index (κ1) is 14.6. The first-order valence-corrected chi connectivity index (χ1v) is 7.18. The maximum atomic E-state index is 12.0. The predicted molar refractivity (Wildman–Crippen MR) is 68.4 cm³/mol. The van der Waals surface area contributed by atoms with E-state index in [0.717, 1.165) is 0 Å². The Morgan fingerprint density at radius 2 is 1.50 bits per heavy atom. The molecule has 0 radical (unpaired) electrons. The number of hydrogen-bond donors (Lipinski definition) is 0. The third kappa shape index (κ3) is 2.87. The highest BCUT2D eigenvalue weighted by Gasteiger charge is 2.20. The van der Waals surface area contributed by atoms with Crippen molar-refractivity contribution in [3.05, 3.63) is 12.1 Å². The summed E-state index contributed by atoms with van der Waals surface area (Å²) < 4.78 is 39.4. The van der Waals surface area contributed by atoms with Crippen molar-refractivity contribution in [3.8, 4) is 17.2 Å². The van der Waals surface area contributed by atoms with Crippen LogP contribution in [0, 0.1) is 0 Å². The third-order valence-electron chi connectivity index (χ3n) is 2.47. The monoisotopic (exact) mass is 274 g/mol. The fraction of sp³-hybridized carbons (Fsp3) is 0.500. The van der Waals surface area contributed by atoms with Crippen LogP contribution in [0.15, 0.2) is 17.0 Å². The van der Waals surface area contributed by atoms with Crippen LogP contribution in [0.25, 0.3) is 0 Å². The van der Waals surface area contributed by atoms with E-state index in [1.165, 1.54) is 33.5 Å². The fourth-order valence-electron chi connectivity index (χ4n) is 1.62. The molecule has 0 fully saturated rings. The van der Waals surface area contributed by atoms with Crippen molar-refractivity contribution in [1.82, 2.24) is 0 Å². The van der Waals surface area contributed by atoms with Gasteiger partial charge >= 0.3 is 0 Å². The van der Waals surface area contributed by atoms with Gasteiger partial charge in [0.1, 0.15) is 0 Å². The molecule has 1 aromatic rings. The van der Waals surface area contributed by atoms with Gasteiger partial charge in [-0.15, -0.1) is 0 Å². The van der Waals surface area contributed by atoms with E-state index in [4.69, 9.17) is 14.2 Å². The second-order valence-corrected chi connectivity index (χ2v) is 5.79. The summed E-state index contributed by atoms with van der Waals surface area (Å²) in [5, 5.41) is 0. The number of ether oxygens (including phenoxy) is 3. The van der Waals surface area contributed by atoms with Gasteiger partial charge in [0.25, 0.3) is 0 Å². The highest BCUT2D eigenvalue weighted by molar-refractivity contribution is 7.91. The summed E-state index contributed by atoms with van der Waals surface area (Å²) in [6, 6.07) is 2.90. The molecule has 5 nitrogen and oxygen atoms in total. The molecule has 0 bridgehead atoms. The molecule has 0 amide bonds. The van der Waals surface area contributed by atoms with E-state index >= 15 is 0 Å². The first-order chi connectivity index (χ1) is 8.50. The smallest absolute Gasteiger partial charge is 0.203 e. The average molecular weight is 274 g/mol. The van der Waals surface area contributed by atoms with Crippen molar-refractivity contribution in [2.45, 2.75) is 18.2 Å². The van der Waals surface area contributed by atoms with Gasteiger partial charge in [-0.3, -0.25) is 0 Å². The summed E-state index contributed by atoms with van der Waals surface area (Å²) in [5.41, 5.74) is 0. The van der Waals surface area contributed by atoms with E-state index < -0.39 is 9.84 Å². The van der Waals surface area contributed by atoms with Crippen LogP contribution in [0.2, 0.25) is 0 Å².